The number of carbonyl (C=O) groups excluding carboxylic acids is 1. The normalized spacial score (nSPS) is 10.2. The van der Waals surface area contributed by atoms with Crippen LogP contribution in [0, 0.1) is 12.7 Å². The number of carboxylic acid groups (broad SMARTS) is 1. The van der Waals surface area contributed by atoms with Crippen molar-refractivity contribution in [2.45, 2.75) is 6.92 Å². The summed E-state index contributed by atoms with van der Waals surface area (Å²) in [6, 6.07) is 6.86. The Morgan fingerprint density at radius 1 is 1.33 bits per heavy atom. The van der Waals surface area contributed by atoms with Crippen molar-refractivity contribution in [3.8, 4) is 5.75 Å². The topological polar surface area (TPSA) is 75.6 Å². The van der Waals surface area contributed by atoms with E-state index in [-0.39, 0.29) is 17.2 Å². The highest BCUT2D eigenvalue weighted by Gasteiger charge is 2.16. The van der Waals surface area contributed by atoms with E-state index in [4.69, 9.17) is 9.84 Å². The third kappa shape index (κ3) is 4.03. The van der Waals surface area contributed by atoms with Gasteiger partial charge in [0.1, 0.15) is 11.6 Å². The van der Waals surface area contributed by atoms with Crippen LogP contribution in [0.3, 0.4) is 0 Å². The number of ether oxygens (including phenoxy) is 1. The number of carboxylic acids is 1. The van der Waals surface area contributed by atoms with E-state index >= 15 is 0 Å². The molecule has 0 spiro atoms. The molecule has 0 atom stereocenters. The highest BCUT2D eigenvalue weighted by Crippen LogP contribution is 2.28. The molecule has 2 rings (SSSR count). The van der Waals surface area contributed by atoms with E-state index in [1.54, 1.807) is 13.0 Å². The van der Waals surface area contributed by atoms with Crippen molar-refractivity contribution in [1.29, 1.82) is 0 Å². The molecule has 1 amide bonds. The van der Waals surface area contributed by atoms with E-state index in [1.165, 1.54) is 24.3 Å². The summed E-state index contributed by atoms with van der Waals surface area (Å²) >= 11 is 1.08. The minimum atomic E-state index is -1.10. The van der Waals surface area contributed by atoms with Crippen LogP contribution in [-0.4, -0.2) is 23.6 Å². The van der Waals surface area contributed by atoms with Gasteiger partial charge >= 0.3 is 5.97 Å². The molecular formula is C14H12FNO4S. The van der Waals surface area contributed by atoms with Gasteiger partial charge < -0.3 is 15.2 Å². The Balaban J connectivity index is 1.95. The summed E-state index contributed by atoms with van der Waals surface area (Å²) in [4.78, 5) is 23.5. The van der Waals surface area contributed by atoms with Crippen molar-refractivity contribution in [2.75, 3.05) is 11.9 Å². The fraction of sp³-hybridized carbons (Fsp3) is 0.143. The molecule has 0 saturated heterocycles. The summed E-state index contributed by atoms with van der Waals surface area (Å²) in [6.45, 7) is 1.43. The molecule has 0 bridgehead atoms. The Labute approximate surface area is 124 Å². The second kappa shape index (κ2) is 6.36. The third-order valence-electron chi connectivity index (χ3n) is 2.50. The lowest BCUT2D eigenvalue weighted by Crippen LogP contribution is -2.20. The maximum absolute atomic E-state index is 12.7. The van der Waals surface area contributed by atoms with Crippen LogP contribution in [-0.2, 0) is 4.79 Å². The maximum Gasteiger partial charge on any atom is 0.349 e. The molecule has 1 aromatic carbocycles. The Bertz CT molecular complexity index is 666. The van der Waals surface area contributed by atoms with Crippen LogP contribution in [0.4, 0.5) is 10.1 Å². The molecule has 0 fully saturated rings. The molecule has 0 unspecified atom stereocenters. The smallest absolute Gasteiger partial charge is 0.349 e. The van der Waals surface area contributed by atoms with Crippen LogP contribution in [0.15, 0.2) is 30.3 Å². The second-order valence-corrected chi connectivity index (χ2v) is 5.46. The number of aryl methyl sites for hydroxylation is 1. The molecule has 2 aromatic rings. The Morgan fingerprint density at radius 2 is 2.00 bits per heavy atom. The number of carbonyl (C=O) groups is 2. The number of hydrogen-bond donors (Lipinski definition) is 2. The fourth-order valence-electron chi connectivity index (χ4n) is 1.62. The van der Waals surface area contributed by atoms with Crippen LogP contribution in [0.5, 0.6) is 5.75 Å². The number of rotatable bonds is 5. The van der Waals surface area contributed by atoms with Gasteiger partial charge in [0.05, 0.1) is 0 Å². The van der Waals surface area contributed by atoms with Crippen LogP contribution in [0.25, 0.3) is 0 Å². The predicted octanol–water partition coefficient (Wildman–Crippen LogP) is 2.91. The number of benzene rings is 1. The van der Waals surface area contributed by atoms with E-state index in [0.29, 0.717) is 5.69 Å². The van der Waals surface area contributed by atoms with Gasteiger partial charge in [-0.05, 0) is 37.3 Å². The minimum Gasteiger partial charge on any atom is -0.482 e. The molecule has 0 aliphatic heterocycles. The number of aromatic carboxylic acids is 1. The first-order chi connectivity index (χ1) is 9.95. The van der Waals surface area contributed by atoms with Crippen molar-refractivity contribution < 1.29 is 23.8 Å². The van der Waals surface area contributed by atoms with E-state index in [9.17, 15) is 14.0 Å². The van der Waals surface area contributed by atoms with Gasteiger partial charge in [0, 0.05) is 10.6 Å². The summed E-state index contributed by atoms with van der Waals surface area (Å²) in [5, 5.41) is 11.5. The maximum atomic E-state index is 12.7. The molecule has 110 valence electrons. The first-order valence-electron chi connectivity index (χ1n) is 5.97. The first kappa shape index (κ1) is 15.0. The molecule has 2 N–H and O–H groups in total. The molecule has 1 aromatic heterocycles. The van der Waals surface area contributed by atoms with Gasteiger partial charge in [-0.3, -0.25) is 4.79 Å². The molecule has 21 heavy (non-hydrogen) atoms. The average Bonchev–Trinajstić information content (AvgIpc) is 2.80. The quantitative estimate of drug-likeness (QED) is 0.890. The highest BCUT2D eigenvalue weighted by molar-refractivity contribution is 7.14. The zero-order valence-corrected chi connectivity index (χ0v) is 11.9. The molecular weight excluding hydrogens is 297 g/mol. The van der Waals surface area contributed by atoms with Crippen LogP contribution >= 0.6 is 11.3 Å². The van der Waals surface area contributed by atoms with E-state index in [2.05, 4.69) is 5.32 Å². The lowest BCUT2D eigenvalue weighted by Gasteiger charge is -2.07. The van der Waals surface area contributed by atoms with Gasteiger partial charge in [0.2, 0.25) is 0 Å². The third-order valence-corrected chi connectivity index (χ3v) is 3.52. The molecule has 0 aliphatic rings. The Kier molecular flexibility index (Phi) is 4.54. The Morgan fingerprint density at radius 3 is 2.62 bits per heavy atom. The zero-order valence-electron chi connectivity index (χ0n) is 11.1. The van der Waals surface area contributed by atoms with Crippen molar-refractivity contribution in [3.63, 3.8) is 0 Å². The zero-order chi connectivity index (χ0) is 15.4. The van der Waals surface area contributed by atoms with E-state index in [0.717, 1.165) is 16.2 Å². The van der Waals surface area contributed by atoms with Crippen LogP contribution in [0.2, 0.25) is 0 Å². The monoisotopic (exact) mass is 309 g/mol. The molecule has 0 saturated carbocycles. The lowest BCUT2D eigenvalue weighted by atomic mass is 10.3. The first-order valence-corrected chi connectivity index (χ1v) is 6.79. The summed E-state index contributed by atoms with van der Waals surface area (Å²) in [6.07, 6.45) is 0. The number of hydrogen-bond acceptors (Lipinski definition) is 4. The minimum absolute atomic E-state index is 0.0575. The van der Waals surface area contributed by atoms with Crippen molar-refractivity contribution in [1.82, 2.24) is 0 Å². The summed E-state index contributed by atoms with van der Waals surface area (Å²) < 4.78 is 17.9. The van der Waals surface area contributed by atoms with Crippen LogP contribution in [0.1, 0.15) is 14.5 Å². The summed E-state index contributed by atoms with van der Waals surface area (Å²) in [5.41, 5.74) is 0.435. The van der Waals surface area contributed by atoms with Crippen LogP contribution < -0.4 is 10.1 Å². The highest BCUT2D eigenvalue weighted by atomic mass is 32.1. The predicted molar refractivity (Wildman–Crippen MR) is 76.5 cm³/mol. The second-order valence-electron chi connectivity index (χ2n) is 4.20. The van der Waals surface area contributed by atoms with Gasteiger partial charge in [-0.2, -0.15) is 0 Å². The van der Waals surface area contributed by atoms with Crippen molar-refractivity contribution in [3.05, 3.63) is 45.9 Å². The average molecular weight is 309 g/mol. The van der Waals surface area contributed by atoms with Crippen molar-refractivity contribution in [2.24, 2.45) is 0 Å². The molecule has 1 heterocycles. The van der Waals surface area contributed by atoms with Gasteiger partial charge in [-0.1, -0.05) is 0 Å². The molecule has 7 heteroatoms. The summed E-state index contributed by atoms with van der Waals surface area (Å²) in [5.74, 6) is -1.79. The van der Waals surface area contributed by atoms with Crippen molar-refractivity contribution >= 4 is 28.9 Å². The number of halogens is 1. The fourth-order valence-corrected chi connectivity index (χ4v) is 2.41. The standard InChI is InChI=1S/C14H12FNO4S/c1-8-6-11(13(21-8)14(18)19)20-7-12(17)16-10-4-2-9(15)3-5-10/h2-6H,7H2,1H3,(H,16,17)(H,18,19). The number of nitrogens with one attached hydrogen (secondary N) is 1. The SMILES string of the molecule is Cc1cc(OCC(=O)Nc2ccc(F)cc2)c(C(=O)O)s1. The molecule has 0 radical (unpaired) electrons. The number of amides is 1. The lowest BCUT2D eigenvalue weighted by molar-refractivity contribution is -0.118. The molecule has 5 nitrogen and oxygen atoms in total. The van der Waals surface area contributed by atoms with E-state index in [1.807, 2.05) is 0 Å². The number of thiophene rings is 1. The van der Waals surface area contributed by atoms with Gasteiger partial charge in [-0.15, -0.1) is 11.3 Å². The largest absolute Gasteiger partial charge is 0.482 e. The van der Waals surface area contributed by atoms with Gasteiger partial charge in [0.25, 0.3) is 5.91 Å². The van der Waals surface area contributed by atoms with Gasteiger partial charge in [-0.25, -0.2) is 9.18 Å². The molecule has 0 aliphatic carbocycles. The Hall–Kier alpha value is -2.41. The number of anilines is 1. The summed E-state index contributed by atoms with van der Waals surface area (Å²) in [7, 11) is 0. The van der Waals surface area contributed by atoms with Gasteiger partial charge in [0.15, 0.2) is 11.5 Å². The van der Waals surface area contributed by atoms with E-state index < -0.39 is 17.7 Å².